The number of thiocarbonyl (C=S) groups is 2. The minimum absolute atomic E-state index is 0.112. The SMILES string of the molecule is CNC(=S)NN=C(C)C(C)=NNC(N)=S. The van der Waals surface area contributed by atoms with Gasteiger partial charge >= 0.3 is 0 Å². The van der Waals surface area contributed by atoms with Crippen molar-refractivity contribution in [2.75, 3.05) is 7.05 Å². The first-order chi connectivity index (χ1) is 6.97. The molecule has 0 rings (SSSR count). The number of nitrogens with one attached hydrogen (secondary N) is 3. The van der Waals surface area contributed by atoms with Crippen LogP contribution >= 0.6 is 24.4 Å². The molecule has 0 aliphatic heterocycles. The number of hydrogen-bond donors (Lipinski definition) is 4. The zero-order chi connectivity index (χ0) is 11.8. The fourth-order valence-corrected chi connectivity index (χ4v) is 0.583. The van der Waals surface area contributed by atoms with Gasteiger partial charge in [-0.05, 0) is 38.3 Å². The summed E-state index contributed by atoms with van der Waals surface area (Å²) in [4.78, 5) is 0. The summed E-state index contributed by atoms with van der Waals surface area (Å²) in [6.07, 6.45) is 0. The Morgan fingerprint density at radius 1 is 1.07 bits per heavy atom. The predicted octanol–water partition coefficient (Wildman–Crippen LogP) is -0.335. The van der Waals surface area contributed by atoms with Crippen LogP contribution in [0.25, 0.3) is 0 Å². The van der Waals surface area contributed by atoms with Crippen molar-refractivity contribution in [3.05, 3.63) is 0 Å². The Bertz CT molecular complexity index is 309. The molecular formula is C7H14N6S2. The number of hydrazone groups is 2. The molecule has 0 spiro atoms. The lowest BCUT2D eigenvalue weighted by atomic mass is 10.3. The van der Waals surface area contributed by atoms with Gasteiger partial charge in [0.05, 0.1) is 11.4 Å². The van der Waals surface area contributed by atoms with Crippen molar-refractivity contribution < 1.29 is 0 Å². The largest absolute Gasteiger partial charge is 0.375 e. The van der Waals surface area contributed by atoms with E-state index in [-0.39, 0.29) is 5.11 Å². The van der Waals surface area contributed by atoms with E-state index in [1.165, 1.54) is 0 Å². The Morgan fingerprint density at radius 3 is 1.93 bits per heavy atom. The number of hydrogen-bond acceptors (Lipinski definition) is 4. The minimum Gasteiger partial charge on any atom is -0.375 e. The molecule has 0 fully saturated rings. The summed E-state index contributed by atoms with van der Waals surface area (Å²) < 4.78 is 0. The van der Waals surface area contributed by atoms with Gasteiger partial charge in [0, 0.05) is 7.05 Å². The highest BCUT2D eigenvalue weighted by Crippen LogP contribution is 1.81. The first kappa shape index (κ1) is 13.7. The monoisotopic (exact) mass is 246 g/mol. The van der Waals surface area contributed by atoms with Crippen LogP contribution in [-0.4, -0.2) is 28.7 Å². The van der Waals surface area contributed by atoms with Gasteiger partial charge in [-0.15, -0.1) is 0 Å². The molecule has 15 heavy (non-hydrogen) atoms. The zero-order valence-electron chi connectivity index (χ0n) is 8.79. The van der Waals surface area contributed by atoms with E-state index in [4.69, 9.17) is 18.0 Å². The van der Waals surface area contributed by atoms with Crippen LogP contribution in [0.3, 0.4) is 0 Å². The van der Waals surface area contributed by atoms with Gasteiger partial charge in [-0.1, -0.05) is 0 Å². The Labute approximate surface area is 99.4 Å². The van der Waals surface area contributed by atoms with Crippen LogP contribution in [0.2, 0.25) is 0 Å². The highest BCUT2D eigenvalue weighted by atomic mass is 32.1. The summed E-state index contributed by atoms with van der Waals surface area (Å²) in [5.74, 6) is 0. The maximum Gasteiger partial charge on any atom is 0.186 e. The lowest BCUT2D eigenvalue weighted by Gasteiger charge is -2.03. The number of rotatable bonds is 3. The van der Waals surface area contributed by atoms with Crippen molar-refractivity contribution in [2.24, 2.45) is 15.9 Å². The first-order valence-corrected chi connectivity index (χ1v) is 4.91. The van der Waals surface area contributed by atoms with Gasteiger partial charge in [-0.3, -0.25) is 10.9 Å². The van der Waals surface area contributed by atoms with Gasteiger partial charge in [0.1, 0.15) is 0 Å². The van der Waals surface area contributed by atoms with E-state index in [0.717, 1.165) is 0 Å². The quantitative estimate of drug-likeness (QED) is 0.310. The molecule has 0 aliphatic rings. The van der Waals surface area contributed by atoms with E-state index in [0.29, 0.717) is 16.5 Å². The van der Waals surface area contributed by atoms with Gasteiger partial charge in [0.25, 0.3) is 0 Å². The predicted molar refractivity (Wildman–Crippen MR) is 70.9 cm³/mol. The Balaban J connectivity index is 4.29. The van der Waals surface area contributed by atoms with Gasteiger partial charge in [0.15, 0.2) is 10.2 Å². The Hall–Kier alpha value is -1.28. The Kier molecular flexibility index (Phi) is 6.47. The molecule has 6 nitrogen and oxygen atoms in total. The summed E-state index contributed by atoms with van der Waals surface area (Å²) in [6, 6.07) is 0. The van der Waals surface area contributed by atoms with Crippen LogP contribution in [0.15, 0.2) is 10.2 Å². The van der Waals surface area contributed by atoms with Crippen LogP contribution in [0.5, 0.6) is 0 Å². The van der Waals surface area contributed by atoms with E-state index in [1.54, 1.807) is 20.9 Å². The minimum atomic E-state index is 0.112. The van der Waals surface area contributed by atoms with Crippen LogP contribution in [0.4, 0.5) is 0 Å². The van der Waals surface area contributed by atoms with E-state index in [9.17, 15) is 0 Å². The van der Waals surface area contributed by atoms with Crippen molar-refractivity contribution in [3.63, 3.8) is 0 Å². The third-order valence-electron chi connectivity index (χ3n) is 1.41. The van der Waals surface area contributed by atoms with E-state index >= 15 is 0 Å². The second kappa shape index (κ2) is 7.07. The molecule has 0 aromatic rings. The van der Waals surface area contributed by atoms with Gasteiger partial charge in [-0.2, -0.15) is 10.2 Å². The molecule has 0 saturated heterocycles. The van der Waals surface area contributed by atoms with Crippen molar-refractivity contribution >= 4 is 46.1 Å². The van der Waals surface area contributed by atoms with E-state index in [1.807, 2.05) is 0 Å². The average molecular weight is 246 g/mol. The zero-order valence-corrected chi connectivity index (χ0v) is 10.4. The molecule has 0 heterocycles. The lowest BCUT2D eigenvalue weighted by molar-refractivity contribution is 0.974. The normalized spacial score (nSPS) is 11.9. The number of nitrogens with zero attached hydrogens (tertiary/aromatic N) is 2. The summed E-state index contributed by atoms with van der Waals surface area (Å²) >= 11 is 9.44. The molecular weight excluding hydrogens is 232 g/mol. The summed E-state index contributed by atoms with van der Waals surface area (Å²) in [6.45, 7) is 3.56. The topological polar surface area (TPSA) is 86.8 Å². The Morgan fingerprint density at radius 2 is 1.53 bits per heavy atom. The standard InChI is InChI=1S/C7H14N6S2/c1-4(10-12-6(8)14)5(2)11-13-7(15)9-3/h1-3H3,(H3,8,12,14)(H2,9,13,15). The second-order valence-electron chi connectivity index (χ2n) is 2.56. The molecule has 0 aromatic heterocycles. The molecule has 84 valence electrons. The molecule has 0 aromatic carbocycles. The van der Waals surface area contributed by atoms with E-state index in [2.05, 4.69) is 38.6 Å². The molecule has 0 saturated carbocycles. The smallest absolute Gasteiger partial charge is 0.186 e. The maximum atomic E-state index is 5.21. The fourth-order valence-electron chi connectivity index (χ4n) is 0.491. The summed E-state index contributed by atoms with van der Waals surface area (Å²) in [5.41, 5.74) is 11.7. The number of nitrogens with two attached hydrogens (primary N) is 1. The summed E-state index contributed by atoms with van der Waals surface area (Å²) in [7, 11) is 1.70. The molecule has 0 bridgehead atoms. The second-order valence-corrected chi connectivity index (χ2v) is 3.41. The van der Waals surface area contributed by atoms with Crippen molar-refractivity contribution in [1.82, 2.24) is 16.2 Å². The molecule has 0 radical (unpaired) electrons. The van der Waals surface area contributed by atoms with Gasteiger partial charge in [0.2, 0.25) is 0 Å². The lowest BCUT2D eigenvalue weighted by Crippen LogP contribution is -2.30. The molecule has 0 unspecified atom stereocenters. The first-order valence-electron chi connectivity index (χ1n) is 4.09. The van der Waals surface area contributed by atoms with Crippen molar-refractivity contribution in [1.29, 1.82) is 0 Å². The average Bonchev–Trinajstić information content (AvgIpc) is 2.21. The van der Waals surface area contributed by atoms with Crippen molar-refractivity contribution in [3.8, 4) is 0 Å². The molecule has 0 aliphatic carbocycles. The van der Waals surface area contributed by atoms with Crippen LogP contribution in [0, 0.1) is 0 Å². The fraction of sp³-hybridized carbons (Fsp3) is 0.429. The van der Waals surface area contributed by atoms with Crippen LogP contribution in [-0.2, 0) is 0 Å². The molecule has 0 amide bonds. The van der Waals surface area contributed by atoms with Gasteiger partial charge in [-0.25, -0.2) is 0 Å². The maximum absolute atomic E-state index is 5.21. The molecule has 5 N–H and O–H groups in total. The molecule has 0 atom stereocenters. The van der Waals surface area contributed by atoms with Crippen molar-refractivity contribution in [2.45, 2.75) is 13.8 Å². The highest BCUT2D eigenvalue weighted by molar-refractivity contribution is 7.80. The van der Waals surface area contributed by atoms with Crippen LogP contribution in [0.1, 0.15) is 13.8 Å². The van der Waals surface area contributed by atoms with Crippen LogP contribution < -0.4 is 21.9 Å². The highest BCUT2D eigenvalue weighted by Gasteiger charge is 1.97. The third-order valence-corrected chi connectivity index (χ3v) is 1.80. The molecule has 8 heteroatoms. The van der Waals surface area contributed by atoms with E-state index < -0.39 is 0 Å². The summed E-state index contributed by atoms with van der Waals surface area (Å²) in [5, 5.41) is 11.1. The van der Waals surface area contributed by atoms with Gasteiger partial charge < -0.3 is 11.1 Å². The third kappa shape index (κ3) is 6.75.